The van der Waals surface area contributed by atoms with E-state index in [4.69, 9.17) is 25.8 Å². The second kappa shape index (κ2) is 10.4. The SMILES string of the molecule is COCCOC(=O)C1=C(C)NC(C)=C(C(=O)OC(C)C)C1c1cccc([N+](=O)[O-])c1Cl. The number of hydrogen-bond donors (Lipinski definition) is 1. The summed E-state index contributed by atoms with van der Waals surface area (Å²) in [7, 11) is 1.47. The van der Waals surface area contributed by atoms with Crippen LogP contribution in [0.15, 0.2) is 40.7 Å². The largest absolute Gasteiger partial charge is 0.460 e. The lowest BCUT2D eigenvalue weighted by Crippen LogP contribution is -2.33. The van der Waals surface area contributed by atoms with E-state index >= 15 is 0 Å². The van der Waals surface area contributed by atoms with Gasteiger partial charge in [-0.15, -0.1) is 0 Å². The third-order valence-corrected chi connectivity index (χ3v) is 4.99. The molecule has 1 aliphatic rings. The van der Waals surface area contributed by atoms with Gasteiger partial charge in [-0.2, -0.15) is 0 Å². The summed E-state index contributed by atoms with van der Waals surface area (Å²) in [4.78, 5) is 36.7. The normalized spacial score (nSPS) is 16.3. The minimum Gasteiger partial charge on any atom is -0.460 e. The Labute approximate surface area is 185 Å². The van der Waals surface area contributed by atoms with Crippen molar-refractivity contribution in [1.29, 1.82) is 0 Å². The molecular formula is C21H25ClN2O7. The molecule has 1 N–H and O–H groups in total. The molecular weight excluding hydrogens is 428 g/mol. The average molecular weight is 453 g/mol. The molecule has 168 valence electrons. The van der Waals surface area contributed by atoms with Crippen LogP contribution in [0.2, 0.25) is 5.02 Å². The maximum atomic E-state index is 13.0. The van der Waals surface area contributed by atoms with Crippen molar-refractivity contribution in [3.8, 4) is 0 Å². The van der Waals surface area contributed by atoms with E-state index in [1.807, 2.05) is 0 Å². The number of nitro groups is 1. The van der Waals surface area contributed by atoms with E-state index in [0.29, 0.717) is 11.4 Å². The molecule has 0 aromatic heterocycles. The number of hydrogen-bond acceptors (Lipinski definition) is 8. The second-order valence-corrected chi connectivity index (χ2v) is 7.53. The van der Waals surface area contributed by atoms with E-state index in [0.717, 1.165) is 0 Å². The summed E-state index contributed by atoms with van der Waals surface area (Å²) >= 11 is 6.37. The van der Waals surface area contributed by atoms with Gasteiger partial charge in [-0.05, 0) is 33.3 Å². The van der Waals surface area contributed by atoms with Gasteiger partial charge in [0.2, 0.25) is 0 Å². The number of dihydropyridines is 1. The van der Waals surface area contributed by atoms with Crippen molar-refractivity contribution in [2.75, 3.05) is 20.3 Å². The highest BCUT2D eigenvalue weighted by Gasteiger charge is 2.40. The number of nitro benzene ring substituents is 1. The van der Waals surface area contributed by atoms with Crippen LogP contribution in [0.4, 0.5) is 5.69 Å². The van der Waals surface area contributed by atoms with Gasteiger partial charge < -0.3 is 19.5 Å². The Morgan fingerprint density at radius 3 is 2.32 bits per heavy atom. The van der Waals surface area contributed by atoms with Gasteiger partial charge in [0.25, 0.3) is 5.69 Å². The maximum absolute atomic E-state index is 13.0. The van der Waals surface area contributed by atoms with Crippen molar-refractivity contribution in [3.05, 3.63) is 61.4 Å². The Bertz CT molecular complexity index is 953. The average Bonchev–Trinajstić information content (AvgIpc) is 2.66. The highest BCUT2D eigenvalue weighted by atomic mass is 35.5. The van der Waals surface area contributed by atoms with E-state index in [1.54, 1.807) is 27.7 Å². The molecule has 0 fully saturated rings. The van der Waals surface area contributed by atoms with Gasteiger partial charge in [-0.25, -0.2) is 9.59 Å². The number of carbonyl (C=O) groups is 2. The van der Waals surface area contributed by atoms with Crippen LogP contribution in [0, 0.1) is 10.1 Å². The first-order valence-electron chi connectivity index (χ1n) is 9.58. The molecule has 0 spiro atoms. The molecule has 31 heavy (non-hydrogen) atoms. The van der Waals surface area contributed by atoms with Crippen molar-refractivity contribution in [2.45, 2.75) is 39.7 Å². The molecule has 10 heteroatoms. The van der Waals surface area contributed by atoms with Crippen molar-refractivity contribution in [1.82, 2.24) is 5.32 Å². The zero-order valence-corrected chi connectivity index (χ0v) is 18.7. The number of ether oxygens (including phenoxy) is 3. The Kier molecular flexibility index (Phi) is 8.18. The van der Waals surface area contributed by atoms with E-state index in [-0.39, 0.29) is 40.6 Å². The van der Waals surface area contributed by atoms with Crippen molar-refractivity contribution in [2.24, 2.45) is 0 Å². The first kappa shape index (κ1) is 24.4. The third-order valence-electron chi connectivity index (χ3n) is 4.58. The fourth-order valence-electron chi connectivity index (χ4n) is 3.32. The van der Waals surface area contributed by atoms with Crippen molar-refractivity contribution < 1.29 is 28.7 Å². The van der Waals surface area contributed by atoms with Crippen molar-refractivity contribution in [3.63, 3.8) is 0 Å². The molecule has 1 heterocycles. The fourth-order valence-corrected chi connectivity index (χ4v) is 3.62. The summed E-state index contributed by atoms with van der Waals surface area (Å²) in [6.45, 7) is 6.88. The monoisotopic (exact) mass is 452 g/mol. The number of nitrogens with one attached hydrogen (secondary N) is 1. The lowest BCUT2D eigenvalue weighted by Gasteiger charge is -2.31. The van der Waals surface area contributed by atoms with Gasteiger partial charge in [0, 0.05) is 24.6 Å². The van der Waals surface area contributed by atoms with E-state index in [9.17, 15) is 19.7 Å². The minimum absolute atomic E-state index is 0.00399. The van der Waals surface area contributed by atoms with Crippen LogP contribution in [0.25, 0.3) is 0 Å². The summed E-state index contributed by atoms with van der Waals surface area (Å²) in [6.07, 6.45) is -0.418. The first-order valence-corrected chi connectivity index (χ1v) is 9.96. The Hall–Kier alpha value is -2.91. The number of rotatable bonds is 8. The first-order chi connectivity index (χ1) is 14.6. The van der Waals surface area contributed by atoms with Gasteiger partial charge in [-0.3, -0.25) is 10.1 Å². The van der Waals surface area contributed by atoms with Crippen LogP contribution in [-0.2, 0) is 23.8 Å². The molecule has 0 radical (unpaired) electrons. The zero-order chi connectivity index (χ0) is 23.3. The van der Waals surface area contributed by atoms with Gasteiger partial charge in [0.05, 0.1) is 34.7 Å². The van der Waals surface area contributed by atoms with Crippen LogP contribution in [0.1, 0.15) is 39.2 Å². The molecule has 0 amide bonds. The minimum atomic E-state index is -1.02. The number of methoxy groups -OCH3 is 1. The molecule has 1 aliphatic heterocycles. The van der Waals surface area contributed by atoms with Crippen molar-refractivity contribution >= 4 is 29.2 Å². The van der Waals surface area contributed by atoms with Crippen LogP contribution in [0.5, 0.6) is 0 Å². The summed E-state index contributed by atoms with van der Waals surface area (Å²) < 4.78 is 15.6. The topological polar surface area (TPSA) is 117 Å². The quantitative estimate of drug-likeness (QED) is 0.275. The Balaban J connectivity index is 2.69. The summed E-state index contributed by atoms with van der Waals surface area (Å²) in [5.41, 5.74) is 1.01. The van der Waals surface area contributed by atoms with Crippen LogP contribution < -0.4 is 5.32 Å². The van der Waals surface area contributed by atoms with Gasteiger partial charge in [0.1, 0.15) is 11.6 Å². The fraction of sp³-hybridized carbons (Fsp3) is 0.429. The maximum Gasteiger partial charge on any atom is 0.337 e. The predicted molar refractivity (Wildman–Crippen MR) is 113 cm³/mol. The van der Waals surface area contributed by atoms with E-state index < -0.39 is 28.9 Å². The summed E-state index contributed by atoms with van der Waals surface area (Å²) in [5, 5.41) is 14.3. The van der Waals surface area contributed by atoms with E-state index in [2.05, 4.69) is 5.32 Å². The number of esters is 2. The number of nitrogens with zero attached hydrogens (tertiary/aromatic N) is 1. The van der Waals surface area contributed by atoms with Crippen LogP contribution in [0.3, 0.4) is 0 Å². The number of benzene rings is 1. The Morgan fingerprint density at radius 2 is 1.77 bits per heavy atom. The second-order valence-electron chi connectivity index (χ2n) is 7.16. The molecule has 1 unspecified atom stereocenters. The number of halogens is 1. The molecule has 2 rings (SSSR count). The lowest BCUT2D eigenvalue weighted by atomic mass is 9.80. The van der Waals surface area contributed by atoms with Crippen LogP contribution >= 0.6 is 11.6 Å². The predicted octanol–water partition coefficient (Wildman–Crippen LogP) is 3.62. The number of allylic oxidation sites excluding steroid dienone is 2. The number of carbonyl (C=O) groups excluding carboxylic acids is 2. The molecule has 9 nitrogen and oxygen atoms in total. The molecule has 0 saturated heterocycles. The van der Waals surface area contributed by atoms with Gasteiger partial charge >= 0.3 is 11.9 Å². The highest BCUT2D eigenvalue weighted by molar-refractivity contribution is 6.33. The molecule has 0 aliphatic carbocycles. The lowest BCUT2D eigenvalue weighted by molar-refractivity contribution is -0.384. The molecule has 1 aromatic carbocycles. The van der Waals surface area contributed by atoms with Gasteiger partial charge in [0.15, 0.2) is 0 Å². The Morgan fingerprint density at radius 1 is 1.16 bits per heavy atom. The smallest absolute Gasteiger partial charge is 0.337 e. The summed E-state index contributed by atoms with van der Waals surface area (Å²) in [5.74, 6) is -2.38. The molecule has 1 aromatic rings. The summed E-state index contributed by atoms with van der Waals surface area (Å²) in [6, 6.07) is 4.24. The highest BCUT2D eigenvalue weighted by Crippen LogP contribution is 2.44. The van der Waals surface area contributed by atoms with Crippen LogP contribution in [-0.4, -0.2) is 43.3 Å². The van der Waals surface area contributed by atoms with E-state index in [1.165, 1.54) is 25.3 Å². The molecule has 0 saturated carbocycles. The zero-order valence-electron chi connectivity index (χ0n) is 18.0. The van der Waals surface area contributed by atoms with Gasteiger partial charge in [-0.1, -0.05) is 23.7 Å². The third kappa shape index (κ3) is 5.42. The molecule has 1 atom stereocenters. The molecule has 0 bridgehead atoms. The standard InChI is InChI=1S/C21H25ClN2O7/c1-11(2)31-21(26)17-13(4)23-12(3)16(20(25)30-10-9-29-5)18(17)14-7-6-8-15(19(14)22)24(27)28/h6-8,11,18,23H,9-10H2,1-5H3.